The number of fused-ring (bicyclic) bond motifs is 1. The van der Waals surface area contributed by atoms with Crippen LogP contribution in [-0.2, 0) is 14.3 Å². The van der Waals surface area contributed by atoms with Crippen LogP contribution in [0, 0.1) is 11.8 Å². The Balaban J connectivity index is 2.18. The molecule has 2 fully saturated rings. The molecule has 0 spiro atoms. The lowest BCUT2D eigenvalue weighted by Crippen LogP contribution is -2.28. The van der Waals surface area contributed by atoms with Crippen LogP contribution in [0.2, 0.25) is 0 Å². The number of ketones is 1. The number of carbonyl (C=O) groups is 2. The van der Waals surface area contributed by atoms with Gasteiger partial charge in [-0.05, 0) is 26.2 Å². The van der Waals surface area contributed by atoms with Gasteiger partial charge in [0.05, 0.1) is 0 Å². The summed E-state index contributed by atoms with van der Waals surface area (Å²) >= 11 is 0. The summed E-state index contributed by atoms with van der Waals surface area (Å²) in [6.07, 6.45) is 4.21. The van der Waals surface area contributed by atoms with Gasteiger partial charge < -0.3 is 4.74 Å². The fourth-order valence-electron chi connectivity index (χ4n) is 2.52. The second-order valence-corrected chi connectivity index (χ2v) is 4.01. The van der Waals surface area contributed by atoms with Gasteiger partial charge in [0.25, 0.3) is 0 Å². The molecule has 0 unspecified atom stereocenters. The van der Waals surface area contributed by atoms with Crippen molar-refractivity contribution in [3.05, 3.63) is 0 Å². The molecular formula is C10H14O3. The molecule has 3 atom stereocenters. The van der Waals surface area contributed by atoms with Crippen LogP contribution in [0.15, 0.2) is 0 Å². The Kier molecular flexibility index (Phi) is 2.10. The molecular weight excluding hydrogens is 168 g/mol. The Hall–Kier alpha value is -0.860. The monoisotopic (exact) mass is 182 g/mol. The van der Waals surface area contributed by atoms with Crippen molar-refractivity contribution >= 4 is 11.8 Å². The van der Waals surface area contributed by atoms with Gasteiger partial charge in [0, 0.05) is 5.92 Å². The van der Waals surface area contributed by atoms with Crippen LogP contribution in [0.5, 0.6) is 0 Å². The zero-order chi connectivity index (χ0) is 9.42. The highest BCUT2D eigenvalue weighted by atomic mass is 16.6. The van der Waals surface area contributed by atoms with Crippen LogP contribution >= 0.6 is 0 Å². The smallest absolute Gasteiger partial charge is 0.317 e. The van der Waals surface area contributed by atoms with Gasteiger partial charge in [0.1, 0.15) is 17.8 Å². The molecule has 3 nitrogen and oxygen atoms in total. The lowest BCUT2D eigenvalue weighted by atomic mass is 9.79. The van der Waals surface area contributed by atoms with Crippen molar-refractivity contribution < 1.29 is 14.3 Å². The number of carbonyl (C=O) groups excluding carboxylic acids is 2. The SMILES string of the molecule is CC(=O)[C@@H]1C(=O)O[C@H]2CCCC[C@@H]12. The van der Waals surface area contributed by atoms with Crippen molar-refractivity contribution in [2.75, 3.05) is 0 Å². The van der Waals surface area contributed by atoms with Gasteiger partial charge in [-0.3, -0.25) is 9.59 Å². The van der Waals surface area contributed by atoms with E-state index in [4.69, 9.17) is 4.74 Å². The fourth-order valence-corrected chi connectivity index (χ4v) is 2.52. The quantitative estimate of drug-likeness (QED) is 0.453. The van der Waals surface area contributed by atoms with E-state index in [-0.39, 0.29) is 23.8 Å². The maximum Gasteiger partial charge on any atom is 0.317 e. The van der Waals surface area contributed by atoms with Gasteiger partial charge in [0.15, 0.2) is 0 Å². The highest BCUT2D eigenvalue weighted by Crippen LogP contribution is 2.39. The van der Waals surface area contributed by atoms with Gasteiger partial charge in [-0.15, -0.1) is 0 Å². The molecule has 1 heterocycles. The molecule has 0 amide bonds. The molecule has 2 rings (SSSR count). The van der Waals surface area contributed by atoms with E-state index >= 15 is 0 Å². The lowest BCUT2D eigenvalue weighted by Gasteiger charge is -2.24. The molecule has 0 aromatic rings. The summed E-state index contributed by atoms with van der Waals surface area (Å²) < 4.78 is 5.18. The third-order valence-corrected chi connectivity index (χ3v) is 3.14. The molecule has 0 bridgehead atoms. The number of ether oxygens (including phenoxy) is 1. The van der Waals surface area contributed by atoms with Gasteiger partial charge >= 0.3 is 5.97 Å². The summed E-state index contributed by atoms with van der Waals surface area (Å²) in [4.78, 5) is 22.5. The predicted molar refractivity (Wildman–Crippen MR) is 46.0 cm³/mol. The number of hydrogen-bond donors (Lipinski definition) is 0. The minimum Gasteiger partial charge on any atom is -0.461 e. The largest absolute Gasteiger partial charge is 0.461 e. The van der Waals surface area contributed by atoms with E-state index < -0.39 is 5.92 Å². The van der Waals surface area contributed by atoms with E-state index in [9.17, 15) is 9.59 Å². The van der Waals surface area contributed by atoms with E-state index in [1.807, 2.05) is 0 Å². The summed E-state index contributed by atoms with van der Waals surface area (Å²) in [5, 5.41) is 0. The molecule has 2 aliphatic rings. The van der Waals surface area contributed by atoms with Crippen molar-refractivity contribution in [1.29, 1.82) is 0 Å². The molecule has 1 aliphatic carbocycles. The van der Waals surface area contributed by atoms with E-state index in [2.05, 4.69) is 0 Å². The number of esters is 1. The number of Topliss-reactive ketones (excluding diaryl/α,β-unsaturated/α-hetero) is 1. The molecule has 1 saturated heterocycles. The highest BCUT2D eigenvalue weighted by Gasteiger charge is 2.47. The summed E-state index contributed by atoms with van der Waals surface area (Å²) in [7, 11) is 0. The second kappa shape index (κ2) is 3.13. The summed E-state index contributed by atoms with van der Waals surface area (Å²) in [6, 6.07) is 0. The lowest BCUT2D eigenvalue weighted by molar-refractivity contribution is -0.146. The molecule has 0 radical (unpaired) electrons. The van der Waals surface area contributed by atoms with E-state index in [0.717, 1.165) is 25.7 Å². The average molecular weight is 182 g/mol. The van der Waals surface area contributed by atoms with Crippen molar-refractivity contribution in [3.63, 3.8) is 0 Å². The molecule has 1 saturated carbocycles. The second-order valence-electron chi connectivity index (χ2n) is 4.01. The van der Waals surface area contributed by atoms with E-state index in [1.165, 1.54) is 6.92 Å². The highest BCUT2D eigenvalue weighted by molar-refractivity contribution is 5.99. The molecule has 3 heteroatoms. The number of hydrogen-bond acceptors (Lipinski definition) is 3. The summed E-state index contributed by atoms with van der Waals surface area (Å²) in [5.74, 6) is -0.590. The first-order valence-corrected chi connectivity index (χ1v) is 4.91. The first kappa shape index (κ1) is 8.73. The number of rotatable bonds is 1. The third kappa shape index (κ3) is 1.36. The Morgan fingerprint density at radius 2 is 2.08 bits per heavy atom. The van der Waals surface area contributed by atoms with Crippen molar-refractivity contribution in [2.45, 2.75) is 38.7 Å². The van der Waals surface area contributed by atoms with E-state index in [1.54, 1.807) is 0 Å². The zero-order valence-electron chi connectivity index (χ0n) is 7.79. The Labute approximate surface area is 77.4 Å². The average Bonchev–Trinajstić information content (AvgIpc) is 2.39. The van der Waals surface area contributed by atoms with Crippen LogP contribution < -0.4 is 0 Å². The maximum absolute atomic E-state index is 11.3. The standard InChI is InChI=1S/C10H14O3/c1-6(11)9-7-4-2-3-5-8(7)13-10(9)12/h7-9H,2-5H2,1H3/t7-,8+,9+/m1/s1. The van der Waals surface area contributed by atoms with Gasteiger partial charge in [-0.25, -0.2) is 0 Å². The molecule has 0 N–H and O–H groups in total. The van der Waals surface area contributed by atoms with Gasteiger partial charge in [-0.2, -0.15) is 0 Å². The van der Waals surface area contributed by atoms with Crippen molar-refractivity contribution in [2.24, 2.45) is 11.8 Å². The van der Waals surface area contributed by atoms with Crippen LogP contribution in [0.3, 0.4) is 0 Å². The minimum absolute atomic E-state index is 0.0283. The fraction of sp³-hybridized carbons (Fsp3) is 0.800. The van der Waals surface area contributed by atoms with Crippen LogP contribution in [0.1, 0.15) is 32.6 Å². The maximum atomic E-state index is 11.3. The molecule has 0 aromatic carbocycles. The molecule has 0 aromatic heterocycles. The molecule has 72 valence electrons. The van der Waals surface area contributed by atoms with Gasteiger partial charge in [-0.1, -0.05) is 6.42 Å². The van der Waals surface area contributed by atoms with Crippen LogP contribution in [0.4, 0.5) is 0 Å². The first-order valence-electron chi connectivity index (χ1n) is 4.91. The Morgan fingerprint density at radius 1 is 1.38 bits per heavy atom. The van der Waals surface area contributed by atoms with Gasteiger partial charge in [0.2, 0.25) is 0 Å². The third-order valence-electron chi connectivity index (χ3n) is 3.14. The van der Waals surface area contributed by atoms with E-state index in [0.29, 0.717) is 0 Å². The Bertz CT molecular complexity index is 247. The summed E-state index contributed by atoms with van der Waals surface area (Å²) in [6.45, 7) is 1.49. The minimum atomic E-state index is -0.453. The summed E-state index contributed by atoms with van der Waals surface area (Å²) in [5.41, 5.74) is 0. The molecule has 1 aliphatic heterocycles. The first-order chi connectivity index (χ1) is 6.20. The topological polar surface area (TPSA) is 43.4 Å². The van der Waals surface area contributed by atoms with Crippen LogP contribution in [-0.4, -0.2) is 17.9 Å². The molecule has 13 heavy (non-hydrogen) atoms. The zero-order valence-corrected chi connectivity index (χ0v) is 7.79. The predicted octanol–water partition coefficient (Wildman–Crippen LogP) is 1.31. The Morgan fingerprint density at radius 3 is 2.77 bits per heavy atom. The normalized spacial score (nSPS) is 38.2. The van der Waals surface area contributed by atoms with Crippen molar-refractivity contribution in [1.82, 2.24) is 0 Å². The van der Waals surface area contributed by atoms with Crippen LogP contribution in [0.25, 0.3) is 0 Å². The van der Waals surface area contributed by atoms with Crippen molar-refractivity contribution in [3.8, 4) is 0 Å².